The van der Waals surface area contributed by atoms with Crippen LogP contribution >= 0.6 is 0 Å². The number of aryl methyl sites for hydroxylation is 2. The van der Waals surface area contributed by atoms with Crippen LogP contribution in [0.2, 0.25) is 0 Å². The average molecular weight is 269 g/mol. The molecular weight excluding hydrogens is 254 g/mol. The van der Waals surface area contributed by atoms with E-state index in [1.807, 2.05) is 13.8 Å². The Kier molecular flexibility index (Phi) is 4.10. The van der Waals surface area contributed by atoms with Crippen molar-refractivity contribution >= 4 is 12.1 Å². The zero-order valence-electron chi connectivity index (χ0n) is 11.3. The molecule has 2 aromatic rings. The number of benzene rings is 1. The first-order chi connectivity index (χ1) is 9.58. The standard InChI is InChI=1S/C15H15N3O2/c1-10-7-12(8-11(2)14(10)19)9-17-18-15(20)13-5-3-4-6-16-13/h3-9,19H,1-2H3,(H,18,20). The van der Waals surface area contributed by atoms with Crippen molar-refractivity contribution in [2.45, 2.75) is 13.8 Å². The second-order valence-electron chi connectivity index (χ2n) is 4.42. The zero-order chi connectivity index (χ0) is 14.5. The summed E-state index contributed by atoms with van der Waals surface area (Å²) >= 11 is 0. The first kappa shape index (κ1) is 13.7. The molecule has 0 unspecified atom stereocenters. The van der Waals surface area contributed by atoms with E-state index in [4.69, 9.17) is 0 Å². The number of phenols is 1. The Morgan fingerprint density at radius 3 is 2.60 bits per heavy atom. The highest BCUT2D eigenvalue weighted by Gasteiger charge is 2.04. The second-order valence-corrected chi connectivity index (χ2v) is 4.42. The lowest BCUT2D eigenvalue weighted by Gasteiger charge is -2.04. The Hall–Kier alpha value is -2.69. The number of carbonyl (C=O) groups excluding carboxylic acids is 1. The maximum Gasteiger partial charge on any atom is 0.289 e. The summed E-state index contributed by atoms with van der Waals surface area (Å²) in [5.41, 5.74) is 5.05. The monoisotopic (exact) mass is 269 g/mol. The maximum atomic E-state index is 11.7. The molecule has 5 heteroatoms. The van der Waals surface area contributed by atoms with Gasteiger partial charge in [0.05, 0.1) is 6.21 Å². The van der Waals surface area contributed by atoms with E-state index in [-0.39, 0.29) is 11.7 Å². The Morgan fingerprint density at radius 1 is 1.30 bits per heavy atom. The van der Waals surface area contributed by atoms with Crippen molar-refractivity contribution in [2.24, 2.45) is 5.10 Å². The van der Waals surface area contributed by atoms with Crippen molar-refractivity contribution in [2.75, 3.05) is 0 Å². The molecule has 1 amide bonds. The minimum absolute atomic E-state index is 0.277. The van der Waals surface area contributed by atoms with Gasteiger partial charge in [-0.2, -0.15) is 5.10 Å². The predicted molar refractivity (Wildman–Crippen MR) is 76.9 cm³/mol. The summed E-state index contributed by atoms with van der Waals surface area (Å²) in [7, 11) is 0. The van der Waals surface area contributed by atoms with E-state index in [0.717, 1.165) is 16.7 Å². The van der Waals surface area contributed by atoms with Crippen LogP contribution in [0.4, 0.5) is 0 Å². The highest BCUT2D eigenvalue weighted by Crippen LogP contribution is 2.21. The van der Waals surface area contributed by atoms with Gasteiger partial charge in [0.25, 0.3) is 5.91 Å². The minimum Gasteiger partial charge on any atom is -0.507 e. The third kappa shape index (κ3) is 3.20. The Labute approximate surface area is 117 Å². The van der Waals surface area contributed by atoms with Gasteiger partial charge in [0.15, 0.2) is 0 Å². The number of nitrogens with one attached hydrogen (secondary N) is 1. The molecule has 1 heterocycles. The number of phenolic OH excluding ortho intramolecular Hbond substituents is 1. The van der Waals surface area contributed by atoms with E-state index in [1.165, 1.54) is 6.21 Å². The van der Waals surface area contributed by atoms with Gasteiger partial charge in [0, 0.05) is 6.20 Å². The second kappa shape index (κ2) is 5.97. The fraction of sp³-hybridized carbons (Fsp3) is 0.133. The summed E-state index contributed by atoms with van der Waals surface area (Å²) in [6, 6.07) is 8.66. The number of rotatable bonds is 3. The molecule has 0 aliphatic heterocycles. The van der Waals surface area contributed by atoms with Gasteiger partial charge < -0.3 is 5.11 Å². The summed E-state index contributed by atoms with van der Waals surface area (Å²) in [4.78, 5) is 15.6. The van der Waals surface area contributed by atoms with Crippen LogP contribution in [0.15, 0.2) is 41.6 Å². The summed E-state index contributed by atoms with van der Waals surface area (Å²) < 4.78 is 0. The third-order valence-corrected chi connectivity index (χ3v) is 2.79. The first-order valence-electron chi connectivity index (χ1n) is 6.12. The lowest BCUT2D eigenvalue weighted by Crippen LogP contribution is -2.18. The number of hydrogen-bond donors (Lipinski definition) is 2. The van der Waals surface area contributed by atoms with Gasteiger partial charge in [-0.05, 0) is 54.8 Å². The van der Waals surface area contributed by atoms with Gasteiger partial charge in [0.1, 0.15) is 11.4 Å². The van der Waals surface area contributed by atoms with Gasteiger partial charge in [0.2, 0.25) is 0 Å². The number of hydrazone groups is 1. The van der Waals surface area contributed by atoms with E-state index in [1.54, 1.807) is 36.5 Å². The van der Waals surface area contributed by atoms with Crippen LogP contribution in [0.1, 0.15) is 27.2 Å². The van der Waals surface area contributed by atoms with E-state index >= 15 is 0 Å². The molecule has 0 bridgehead atoms. The van der Waals surface area contributed by atoms with Crippen LogP contribution in [0.25, 0.3) is 0 Å². The Morgan fingerprint density at radius 2 is 2.00 bits per heavy atom. The Bertz CT molecular complexity index is 628. The number of aromatic nitrogens is 1. The van der Waals surface area contributed by atoms with Crippen LogP contribution < -0.4 is 5.43 Å². The van der Waals surface area contributed by atoms with Gasteiger partial charge in [-0.15, -0.1) is 0 Å². The number of nitrogens with zero attached hydrogens (tertiary/aromatic N) is 2. The minimum atomic E-state index is -0.367. The quantitative estimate of drug-likeness (QED) is 0.662. The van der Waals surface area contributed by atoms with Gasteiger partial charge in [-0.3, -0.25) is 9.78 Å². The van der Waals surface area contributed by atoms with Crippen molar-refractivity contribution in [1.29, 1.82) is 0 Å². The molecule has 0 aliphatic rings. The van der Waals surface area contributed by atoms with Crippen molar-refractivity contribution < 1.29 is 9.90 Å². The van der Waals surface area contributed by atoms with E-state index in [2.05, 4.69) is 15.5 Å². The SMILES string of the molecule is Cc1cc(C=NNC(=O)c2ccccn2)cc(C)c1O. The zero-order valence-corrected chi connectivity index (χ0v) is 11.3. The number of pyridine rings is 1. The lowest BCUT2D eigenvalue weighted by molar-refractivity contribution is 0.0950. The fourth-order valence-electron chi connectivity index (χ4n) is 1.78. The lowest BCUT2D eigenvalue weighted by atomic mass is 10.1. The van der Waals surface area contributed by atoms with Crippen LogP contribution in [-0.4, -0.2) is 22.2 Å². The summed E-state index contributed by atoms with van der Waals surface area (Å²) in [5, 5.41) is 13.6. The molecule has 0 spiro atoms. The molecule has 2 N–H and O–H groups in total. The number of amides is 1. The first-order valence-corrected chi connectivity index (χ1v) is 6.12. The molecule has 0 radical (unpaired) electrons. The average Bonchev–Trinajstić information content (AvgIpc) is 2.45. The molecule has 0 fully saturated rings. The van der Waals surface area contributed by atoms with Crippen LogP contribution in [0, 0.1) is 13.8 Å². The maximum absolute atomic E-state index is 11.7. The number of aromatic hydroxyl groups is 1. The fourth-order valence-corrected chi connectivity index (χ4v) is 1.78. The molecule has 0 aliphatic carbocycles. The van der Waals surface area contributed by atoms with Crippen molar-refractivity contribution in [3.8, 4) is 5.75 Å². The summed E-state index contributed by atoms with van der Waals surface area (Å²) in [6.07, 6.45) is 3.08. The highest BCUT2D eigenvalue weighted by molar-refractivity contribution is 5.93. The van der Waals surface area contributed by atoms with Crippen molar-refractivity contribution in [1.82, 2.24) is 10.4 Å². The van der Waals surface area contributed by atoms with Gasteiger partial charge >= 0.3 is 0 Å². The predicted octanol–water partition coefficient (Wildman–Crippen LogP) is 2.17. The number of carbonyl (C=O) groups is 1. The number of hydrogen-bond acceptors (Lipinski definition) is 4. The van der Waals surface area contributed by atoms with E-state index < -0.39 is 0 Å². The molecule has 0 saturated carbocycles. The summed E-state index contributed by atoms with van der Waals surface area (Å²) in [5.74, 6) is -0.0891. The topological polar surface area (TPSA) is 74.6 Å². The normalized spacial score (nSPS) is 10.7. The summed E-state index contributed by atoms with van der Waals surface area (Å²) in [6.45, 7) is 3.62. The molecule has 5 nitrogen and oxygen atoms in total. The van der Waals surface area contributed by atoms with Crippen LogP contribution in [-0.2, 0) is 0 Å². The molecule has 2 rings (SSSR count). The van der Waals surface area contributed by atoms with Crippen molar-refractivity contribution in [3.05, 3.63) is 58.9 Å². The Balaban J connectivity index is 2.06. The largest absolute Gasteiger partial charge is 0.507 e. The van der Waals surface area contributed by atoms with Gasteiger partial charge in [-0.25, -0.2) is 5.43 Å². The smallest absolute Gasteiger partial charge is 0.289 e. The van der Waals surface area contributed by atoms with E-state index in [0.29, 0.717) is 5.69 Å². The van der Waals surface area contributed by atoms with E-state index in [9.17, 15) is 9.90 Å². The molecule has 20 heavy (non-hydrogen) atoms. The van der Waals surface area contributed by atoms with Crippen LogP contribution in [0.5, 0.6) is 5.75 Å². The molecule has 1 aromatic heterocycles. The molecule has 1 aromatic carbocycles. The van der Waals surface area contributed by atoms with Crippen molar-refractivity contribution in [3.63, 3.8) is 0 Å². The molecule has 102 valence electrons. The molecular formula is C15H15N3O2. The van der Waals surface area contributed by atoms with Gasteiger partial charge in [-0.1, -0.05) is 6.07 Å². The molecule has 0 atom stereocenters. The highest BCUT2D eigenvalue weighted by atomic mass is 16.3. The molecule has 0 saturated heterocycles. The van der Waals surface area contributed by atoms with Crippen LogP contribution in [0.3, 0.4) is 0 Å². The third-order valence-electron chi connectivity index (χ3n) is 2.79.